The normalized spacial score (nSPS) is 11.6. The number of hydrogen-bond donors (Lipinski definition) is 3. The van der Waals surface area contributed by atoms with Gasteiger partial charge in [0.15, 0.2) is 0 Å². The molecule has 45 heavy (non-hydrogen) atoms. The standard InChI is InChI=1S/C11H20N4.C8H16N4.C5H12N4.2C3H6O.HI/c1-8(2)12-14-10(5)7-11(6)15-13-9(3)4;1-6(2)11-12-8(4)5-7(3)10-9;1-4(8-6)3-5(2)9-7;2*1-3(2)4;/h7H2,1-6H3;5,9H2,1-4H3;3,6-7H2,1-2H3;2*1-2H3;1H/p-1/b14-10-,15-11+;10-7?,12-8-;;;;. The minimum Gasteiger partial charge on any atom is -1.00 e. The minimum atomic E-state index is 0. The summed E-state index contributed by atoms with van der Waals surface area (Å²) in [6, 6.07) is 0. The highest BCUT2D eigenvalue weighted by Gasteiger charge is 1.96. The van der Waals surface area contributed by atoms with Crippen molar-refractivity contribution in [1.29, 1.82) is 0 Å². The zero-order valence-corrected chi connectivity index (χ0v) is 32.7. The second-order valence-electron chi connectivity index (χ2n) is 10.6. The Morgan fingerprint density at radius 1 is 0.356 bits per heavy atom. The number of halogens is 1. The van der Waals surface area contributed by atoms with Crippen molar-refractivity contribution in [1.82, 2.24) is 0 Å². The van der Waals surface area contributed by atoms with E-state index in [1.54, 1.807) is 0 Å². The van der Waals surface area contributed by atoms with E-state index in [1.165, 1.54) is 27.7 Å². The van der Waals surface area contributed by atoms with Gasteiger partial charge in [0.2, 0.25) is 0 Å². The van der Waals surface area contributed by atoms with Crippen LogP contribution in [0.4, 0.5) is 0 Å². The van der Waals surface area contributed by atoms with E-state index in [4.69, 9.17) is 17.5 Å². The van der Waals surface area contributed by atoms with Gasteiger partial charge in [-0.25, -0.2) is 0 Å². The summed E-state index contributed by atoms with van der Waals surface area (Å²) in [6.07, 6.45) is 2.06. The summed E-state index contributed by atoms with van der Waals surface area (Å²) in [6.45, 7) is 28.9. The largest absolute Gasteiger partial charge is 1.00 e. The molecule has 14 nitrogen and oxygen atoms in total. The Morgan fingerprint density at radius 3 is 0.667 bits per heavy atom. The molecule has 0 aromatic rings. The second-order valence-corrected chi connectivity index (χ2v) is 10.6. The molecule has 0 rings (SSSR count). The van der Waals surface area contributed by atoms with Gasteiger partial charge >= 0.3 is 0 Å². The first-order valence-electron chi connectivity index (χ1n) is 13.9. The minimum absolute atomic E-state index is 0. The lowest BCUT2D eigenvalue weighted by Gasteiger charge is -1.96. The molecule has 6 N–H and O–H groups in total. The Labute approximate surface area is 289 Å². The summed E-state index contributed by atoms with van der Waals surface area (Å²) >= 11 is 0. The number of hydrogen-bond acceptors (Lipinski definition) is 14. The van der Waals surface area contributed by atoms with Crippen LogP contribution in [-0.4, -0.2) is 63.0 Å². The molecule has 0 saturated heterocycles. The fraction of sp³-hybridized carbons (Fsp3) is 0.633. The summed E-state index contributed by atoms with van der Waals surface area (Å²) in [5.74, 6) is 15.3. The van der Waals surface area contributed by atoms with Gasteiger partial charge in [-0.1, -0.05) is 0 Å². The van der Waals surface area contributed by atoms with Gasteiger partial charge in [-0.05, 0) is 111 Å². The molecule has 0 aliphatic carbocycles. The highest BCUT2D eigenvalue weighted by molar-refractivity contribution is 6.03. The third-order valence-corrected chi connectivity index (χ3v) is 3.46. The molecule has 0 atom stereocenters. The van der Waals surface area contributed by atoms with Crippen molar-refractivity contribution in [3.05, 3.63) is 0 Å². The summed E-state index contributed by atoms with van der Waals surface area (Å²) in [5, 5.41) is 34.5. The lowest BCUT2D eigenvalue weighted by Crippen LogP contribution is -3.00. The van der Waals surface area contributed by atoms with Crippen molar-refractivity contribution >= 4 is 63.0 Å². The predicted octanol–water partition coefficient (Wildman–Crippen LogP) is 2.90. The second kappa shape index (κ2) is 36.7. The SMILES string of the molecule is CC(C)=N/N=C(/C)C/C(C)=N/N=C(C)C.CC(C)=N/N=C(/C)CC(C)=NN.CC(C)=O.CC(C)=O.CC(CC(C)=NN)=NN.[I-]. The van der Waals surface area contributed by atoms with Crippen molar-refractivity contribution in [2.75, 3.05) is 0 Å². The summed E-state index contributed by atoms with van der Waals surface area (Å²) in [4.78, 5) is 18.9. The van der Waals surface area contributed by atoms with Crippen LogP contribution in [0.1, 0.15) is 130 Å². The van der Waals surface area contributed by atoms with Gasteiger partial charge in [0.1, 0.15) is 11.6 Å². The molecular weight excluding hydrogens is 687 g/mol. The van der Waals surface area contributed by atoms with E-state index in [2.05, 4.69) is 45.9 Å². The van der Waals surface area contributed by atoms with Crippen molar-refractivity contribution in [3.8, 4) is 0 Å². The van der Waals surface area contributed by atoms with Crippen molar-refractivity contribution in [2.24, 2.45) is 63.4 Å². The molecule has 0 aromatic carbocycles. The van der Waals surface area contributed by atoms with E-state index < -0.39 is 0 Å². The molecular formula is C30H60IN12O2-. The quantitative estimate of drug-likeness (QED) is 0.140. The van der Waals surface area contributed by atoms with Crippen LogP contribution in [0.5, 0.6) is 0 Å². The van der Waals surface area contributed by atoms with Gasteiger partial charge in [0, 0.05) is 70.7 Å². The van der Waals surface area contributed by atoms with Gasteiger partial charge < -0.3 is 51.1 Å². The monoisotopic (exact) mass is 747 g/mol. The number of nitrogens with two attached hydrogens (primary N) is 3. The Kier molecular flexibility index (Phi) is 44.0. The van der Waals surface area contributed by atoms with E-state index in [-0.39, 0.29) is 35.5 Å². The van der Waals surface area contributed by atoms with Crippen LogP contribution in [0.25, 0.3) is 0 Å². The van der Waals surface area contributed by atoms with E-state index in [9.17, 15) is 9.59 Å². The summed E-state index contributed by atoms with van der Waals surface area (Å²) < 4.78 is 0. The molecule has 0 bridgehead atoms. The van der Waals surface area contributed by atoms with Crippen LogP contribution in [-0.2, 0) is 9.59 Å². The average molecular weight is 748 g/mol. The first kappa shape index (κ1) is 54.0. The molecule has 0 aliphatic rings. The number of carbonyl (C=O) groups is 2. The number of Topliss-reactive ketones (excluding diaryl/α,β-unsaturated/α-hetero) is 2. The molecule has 0 saturated carbocycles. The first-order valence-corrected chi connectivity index (χ1v) is 13.9. The molecule has 0 aromatic heterocycles. The highest BCUT2D eigenvalue weighted by atomic mass is 127. The van der Waals surface area contributed by atoms with E-state index in [0.717, 1.165) is 51.4 Å². The van der Waals surface area contributed by atoms with E-state index >= 15 is 0 Å². The molecule has 0 fully saturated rings. The molecule has 0 spiro atoms. The van der Waals surface area contributed by atoms with Gasteiger partial charge in [-0.3, -0.25) is 0 Å². The Hall–Kier alpha value is -3.50. The lowest BCUT2D eigenvalue weighted by atomic mass is 10.2. The third-order valence-electron chi connectivity index (χ3n) is 3.46. The molecule has 0 aliphatic heterocycles. The topological polar surface area (TPSA) is 223 Å². The fourth-order valence-electron chi connectivity index (χ4n) is 1.91. The number of carbonyl (C=O) groups excluding carboxylic acids is 2. The maximum absolute atomic E-state index is 9.44. The molecule has 0 radical (unpaired) electrons. The van der Waals surface area contributed by atoms with Crippen LogP contribution in [0.2, 0.25) is 0 Å². The number of hydrazone groups is 3. The van der Waals surface area contributed by atoms with Crippen LogP contribution >= 0.6 is 0 Å². The fourth-order valence-corrected chi connectivity index (χ4v) is 1.91. The van der Waals surface area contributed by atoms with Gasteiger partial charge in [0.05, 0.1) is 0 Å². The maximum Gasteiger partial charge on any atom is 0.126 e. The Morgan fingerprint density at radius 2 is 0.511 bits per heavy atom. The molecule has 15 heteroatoms. The Balaban J connectivity index is -0.000000114. The summed E-state index contributed by atoms with van der Waals surface area (Å²) in [5.41, 5.74) is 8.18. The smallest absolute Gasteiger partial charge is 0.126 e. The molecule has 260 valence electrons. The van der Waals surface area contributed by atoms with Crippen LogP contribution < -0.4 is 41.5 Å². The van der Waals surface area contributed by atoms with Crippen molar-refractivity contribution in [2.45, 2.75) is 130 Å². The average Bonchev–Trinajstić information content (AvgIpc) is 2.89. The van der Waals surface area contributed by atoms with E-state index in [0.29, 0.717) is 19.3 Å². The molecule has 0 amide bonds. The third kappa shape index (κ3) is 69.0. The highest BCUT2D eigenvalue weighted by Crippen LogP contribution is 1.94. The first-order chi connectivity index (χ1) is 20.1. The van der Waals surface area contributed by atoms with E-state index in [1.807, 2.05) is 83.1 Å². The van der Waals surface area contributed by atoms with Gasteiger partial charge in [-0.2, -0.15) is 45.9 Å². The number of rotatable bonds is 9. The van der Waals surface area contributed by atoms with Gasteiger partial charge in [0.25, 0.3) is 0 Å². The summed E-state index contributed by atoms with van der Waals surface area (Å²) in [7, 11) is 0. The number of nitrogens with zero attached hydrogens (tertiary/aromatic N) is 9. The zero-order chi connectivity index (χ0) is 35.8. The molecule has 0 unspecified atom stereocenters. The molecule has 0 heterocycles. The maximum atomic E-state index is 9.44. The zero-order valence-electron chi connectivity index (χ0n) is 30.6. The Bertz CT molecular complexity index is 1030. The van der Waals surface area contributed by atoms with Crippen molar-refractivity contribution < 1.29 is 33.6 Å². The van der Waals surface area contributed by atoms with Crippen molar-refractivity contribution in [3.63, 3.8) is 0 Å². The van der Waals surface area contributed by atoms with Crippen LogP contribution in [0.3, 0.4) is 0 Å². The predicted molar refractivity (Wildman–Crippen MR) is 194 cm³/mol. The number of ketones is 2. The van der Waals surface area contributed by atoms with Crippen LogP contribution in [0, 0.1) is 0 Å². The van der Waals surface area contributed by atoms with Gasteiger partial charge in [-0.15, -0.1) is 0 Å². The van der Waals surface area contributed by atoms with Crippen LogP contribution in [0.15, 0.2) is 45.9 Å². The lowest BCUT2D eigenvalue weighted by molar-refractivity contribution is -0.115.